The Morgan fingerprint density at radius 3 is 2.71 bits per heavy atom. The van der Waals surface area contributed by atoms with E-state index in [1.807, 2.05) is 25.1 Å². The largest absolute Gasteiger partial charge is 0.489 e. The van der Waals surface area contributed by atoms with Crippen LogP contribution in [0.1, 0.15) is 11.1 Å². The van der Waals surface area contributed by atoms with Gasteiger partial charge in [0.2, 0.25) is 0 Å². The molecular weight excluding hydrogens is 217 g/mol. The molecule has 0 radical (unpaired) electrons. The highest BCUT2D eigenvalue weighted by molar-refractivity contribution is 5.49. The second-order valence-electron chi connectivity index (χ2n) is 3.94. The van der Waals surface area contributed by atoms with E-state index in [-0.39, 0.29) is 5.82 Å². The lowest BCUT2D eigenvalue weighted by Gasteiger charge is -2.08. The SMILES string of the molecule is Cc1cc(OCc2cccc(F)c2)ccc1N. The Bertz CT molecular complexity index is 525. The monoisotopic (exact) mass is 231 g/mol. The van der Waals surface area contributed by atoms with Crippen LogP contribution in [0.25, 0.3) is 0 Å². The van der Waals surface area contributed by atoms with Crippen LogP contribution in [-0.2, 0) is 6.61 Å². The first kappa shape index (κ1) is 11.5. The van der Waals surface area contributed by atoms with Gasteiger partial charge in [-0.05, 0) is 48.4 Å². The van der Waals surface area contributed by atoms with Crippen molar-refractivity contribution in [1.29, 1.82) is 0 Å². The summed E-state index contributed by atoms with van der Waals surface area (Å²) >= 11 is 0. The molecular formula is C14H14FNO. The van der Waals surface area contributed by atoms with Gasteiger partial charge in [-0.3, -0.25) is 0 Å². The number of hydrogen-bond donors (Lipinski definition) is 1. The number of nitrogen functional groups attached to an aromatic ring is 1. The number of anilines is 1. The van der Waals surface area contributed by atoms with E-state index in [1.165, 1.54) is 12.1 Å². The summed E-state index contributed by atoms with van der Waals surface area (Å²) in [6, 6.07) is 11.9. The van der Waals surface area contributed by atoms with Crippen LogP contribution in [0.4, 0.5) is 10.1 Å². The summed E-state index contributed by atoms with van der Waals surface area (Å²) in [7, 11) is 0. The van der Waals surface area contributed by atoms with Crippen molar-refractivity contribution in [3.05, 3.63) is 59.4 Å². The molecule has 0 aliphatic carbocycles. The first-order chi connectivity index (χ1) is 8.15. The molecule has 88 valence electrons. The Morgan fingerprint density at radius 2 is 2.00 bits per heavy atom. The van der Waals surface area contributed by atoms with Crippen molar-refractivity contribution in [2.24, 2.45) is 0 Å². The third-order valence-electron chi connectivity index (χ3n) is 2.54. The maximum atomic E-state index is 12.9. The zero-order valence-corrected chi connectivity index (χ0v) is 9.61. The maximum absolute atomic E-state index is 12.9. The molecule has 0 fully saturated rings. The van der Waals surface area contributed by atoms with Crippen molar-refractivity contribution < 1.29 is 9.13 Å². The average molecular weight is 231 g/mol. The molecule has 0 aliphatic rings. The van der Waals surface area contributed by atoms with Crippen LogP contribution in [0.3, 0.4) is 0 Å². The van der Waals surface area contributed by atoms with Gasteiger partial charge in [0.15, 0.2) is 0 Å². The van der Waals surface area contributed by atoms with Gasteiger partial charge in [0.1, 0.15) is 18.2 Å². The van der Waals surface area contributed by atoms with E-state index >= 15 is 0 Å². The molecule has 0 saturated heterocycles. The zero-order valence-electron chi connectivity index (χ0n) is 9.61. The molecule has 17 heavy (non-hydrogen) atoms. The Balaban J connectivity index is 2.05. The van der Waals surface area contributed by atoms with E-state index in [2.05, 4.69) is 0 Å². The minimum absolute atomic E-state index is 0.250. The molecule has 0 aliphatic heterocycles. The van der Waals surface area contributed by atoms with Crippen molar-refractivity contribution in [2.75, 3.05) is 5.73 Å². The Morgan fingerprint density at radius 1 is 1.18 bits per heavy atom. The van der Waals surface area contributed by atoms with Gasteiger partial charge in [-0.1, -0.05) is 12.1 Å². The minimum Gasteiger partial charge on any atom is -0.489 e. The quantitative estimate of drug-likeness (QED) is 0.822. The molecule has 0 heterocycles. The van der Waals surface area contributed by atoms with E-state index in [0.29, 0.717) is 6.61 Å². The van der Waals surface area contributed by atoms with E-state index in [1.54, 1.807) is 12.1 Å². The van der Waals surface area contributed by atoms with Crippen LogP contribution in [-0.4, -0.2) is 0 Å². The number of aryl methyl sites for hydroxylation is 1. The van der Waals surface area contributed by atoms with Gasteiger partial charge >= 0.3 is 0 Å². The second-order valence-corrected chi connectivity index (χ2v) is 3.94. The van der Waals surface area contributed by atoms with Crippen LogP contribution in [0.2, 0.25) is 0 Å². The maximum Gasteiger partial charge on any atom is 0.123 e. The summed E-state index contributed by atoms with van der Waals surface area (Å²) in [6.07, 6.45) is 0. The molecule has 0 bridgehead atoms. The number of nitrogens with two attached hydrogens (primary N) is 1. The molecule has 2 aromatic rings. The van der Waals surface area contributed by atoms with Crippen LogP contribution in [0.5, 0.6) is 5.75 Å². The van der Waals surface area contributed by atoms with E-state index < -0.39 is 0 Å². The van der Waals surface area contributed by atoms with Crippen LogP contribution >= 0.6 is 0 Å². The molecule has 2 N–H and O–H groups in total. The first-order valence-corrected chi connectivity index (χ1v) is 5.38. The van der Waals surface area contributed by atoms with Crippen LogP contribution in [0.15, 0.2) is 42.5 Å². The van der Waals surface area contributed by atoms with Crippen molar-refractivity contribution in [2.45, 2.75) is 13.5 Å². The summed E-state index contributed by atoms with van der Waals surface area (Å²) < 4.78 is 18.5. The molecule has 0 saturated carbocycles. The predicted molar refractivity (Wildman–Crippen MR) is 66.3 cm³/mol. The van der Waals surface area contributed by atoms with E-state index in [4.69, 9.17) is 10.5 Å². The molecule has 0 amide bonds. The molecule has 3 heteroatoms. The molecule has 2 aromatic carbocycles. The normalized spacial score (nSPS) is 10.2. The molecule has 0 spiro atoms. The molecule has 0 aromatic heterocycles. The third-order valence-corrected chi connectivity index (χ3v) is 2.54. The fourth-order valence-electron chi connectivity index (χ4n) is 1.53. The number of ether oxygens (including phenoxy) is 1. The summed E-state index contributed by atoms with van der Waals surface area (Å²) in [4.78, 5) is 0. The number of hydrogen-bond acceptors (Lipinski definition) is 2. The second kappa shape index (κ2) is 4.87. The van der Waals surface area contributed by atoms with Crippen LogP contribution < -0.4 is 10.5 Å². The van der Waals surface area contributed by atoms with Gasteiger partial charge in [0.25, 0.3) is 0 Å². The Hall–Kier alpha value is -2.03. The summed E-state index contributed by atoms with van der Waals surface area (Å²) in [5, 5.41) is 0. The minimum atomic E-state index is -0.250. The predicted octanol–water partition coefficient (Wildman–Crippen LogP) is 3.30. The lowest BCUT2D eigenvalue weighted by Crippen LogP contribution is -1.97. The molecule has 0 atom stereocenters. The van der Waals surface area contributed by atoms with Gasteiger partial charge in [-0.15, -0.1) is 0 Å². The highest BCUT2D eigenvalue weighted by atomic mass is 19.1. The highest BCUT2D eigenvalue weighted by Crippen LogP contribution is 2.19. The van der Waals surface area contributed by atoms with Crippen molar-refractivity contribution in [3.8, 4) is 5.75 Å². The third kappa shape index (κ3) is 2.97. The zero-order chi connectivity index (χ0) is 12.3. The van der Waals surface area contributed by atoms with Gasteiger partial charge in [-0.25, -0.2) is 4.39 Å². The first-order valence-electron chi connectivity index (χ1n) is 5.38. The Labute approximate surface area is 99.8 Å². The number of halogens is 1. The number of rotatable bonds is 3. The average Bonchev–Trinajstić information content (AvgIpc) is 2.31. The highest BCUT2D eigenvalue weighted by Gasteiger charge is 1.99. The number of benzene rings is 2. The summed E-state index contributed by atoms with van der Waals surface area (Å²) in [5.41, 5.74) is 8.23. The summed E-state index contributed by atoms with van der Waals surface area (Å²) in [6.45, 7) is 2.27. The standard InChI is InChI=1S/C14H14FNO/c1-10-7-13(5-6-14(10)16)17-9-11-3-2-4-12(15)8-11/h2-8H,9,16H2,1H3. The van der Waals surface area contributed by atoms with Gasteiger partial charge in [-0.2, -0.15) is 0 Å². The molecule has 0 unspecified atom stereocenters. The lowest BCUT2D eigenvalue weighted by molar-refractivity contribution is 0.305. The van der Waals surface area contributed by atoms with E-state index in [9.17, 15) is 4.39 Å². The molecule has 2 rings (SSSR count). The molecule has 2 nitrogen and oxygen atoms in total. The van der Waals surface area contributed by atoms with Gasteiger partial charge in [0.05, 0.1) is 0 Å². The van der Waals surface area contributed by atoms with Crippen LogP contribution in [0, 0.1) is 12.7 Å². The van der Waals surface area contributed by atoms with Gasteiger partial charge < -0.3 is 10.5 Å². The van der Waals surface area contributed by atoms with Gasteiger partial charge in [0, 0.05) is 5.69 Å². The lowest BCUT2D eigenvalue weighted by atomic mass is 10.2. The fraction of sp³-hybridized carbons (Fsp3) is 0.143. The fourth-order valence-corrected chi connectivity index (χ4v) is 1.53. The Kier molecular flexibility index (Phi) is 3.28. The van der Waals surface area contributed by atoms with E-state index in [0.717, 1.165) is 22.6 Å². The summed E-state index contributed by atoms with van der Waals surface area (Å²) in [5.74, 6) is 0.487. The van der Waals surface area contributed by atoms with Crippen molar-refractivity contribution in [1.82, 2.24) is 0 Å². The smallest absolute Gasteiger partial charge is 0.123 e. The van der Waals surface area contributed by atoms with Crippen molar-refractivity contribution in [3.63, 3.8) is 0 Å². The topological polar surface area (TPSA) is 35.2 Å². The van der Waals surface area contributed by atoms with Crippen molar-refractivity contribution >= 4 is 5.69 Å².